The molecule has 2 aliphatic rings. The SMILES string of the molecule is COC1=CC(=O)C2[C@@H](C)[C@H](c3ccc(C)cc3)[C@]2(C)C1=O. The van der Waals surface area contributed by atoms with Crippen LogP contribution in [0.15, 0.2) is 36.1 Å². The molecule has 0 radical (unpaired) electrons. The number of ketones is 2. The Hall–Kier alpha value is -1.90. The van der Waals surface area contributed by atoms with Gasteiger partial charge >= 0.3 is 0 Å². The minimum absolute atomic E-state index is 0.0183. The van der Waals surface area contributed by atoms with Crippen LogP contribution in [0.25, 0.3) is 0 Å². The van der Waals surface area contributed by atoms with Crippen LogP contribution in [0, 0.1) is 24.2 Å². The van der Waals surface area contributed by atoms with Gasteiger partial charge in [0.25, 0.3) is 0 Å². The van der Waals surface area contributed by atoms with Gasteiger partial charge in [-0.1, -0.05) is 43.7 Å². The Kier molecular flexibility index (Phi) is 3.05. The molecule has 1 saturated carbocycles. The van der Waals surface area contributed by atoms with E-state index >= 15 is 0 Å². The number of methoxy groups -OCH3 is 1. The molecule has 3 heteroatoms. The summed E-state index contributed by atoms with van der Waals surface area (Å²) in [6.45, 7) is 6.02. The molecule has 0 heterocycles. The summed E-state index contributed by atoms with van der Waals surface area (Å²) in [6, 6.07) is 8.25. The van der Waals surface area contributed by atoms with E-state index in [-0.39, 0.29) is 35.1 Å². The van der Waals surface area contributed by atoms with Crippen LogP contribution in [-0.2, 0) is 14.3 Å². The highest BCUT2D eigenvalue weighted by Gasteiger charge is 2.66. The van der Waals surface area contributed by atoms with Gasteiger partial charge in [-0.15, -0.1) is 0 Å². The number of Topliss-reactive ketones (excluding diaryl/α,β-unsaturated/α-hetero) is 1. The van der Waals surface area contributed by atoms with Crippen LogP contribution in [0.2, 0.25) is 0 Å². The molecule has 110 valence electrons. The Morgan fingerprint density at radius 3 is 2.29 bits per heavy atom. The molecule has 0 spiro atoms. The maximum Gasteiger partial charge on any atom is 0.204 e. The highest BCUT2D eigenvalue weighted by Crippen LogP contribution is 2.63. The molecule has 1 fully saturated rings. The number of benzene rings is 1. The van der Waals surface area contributed by atoms with Gasteiger partial charge in [0.05, 0.1) is 12.5 Å². The molecule has 1 aromatic carbocycles. The smallest absolute Gasteiger partial charge is 0.204 e. The number of allylic oxidation sites excluding steroid dienone is 2. The maximum absolute atomic E-state index is 12.7. The summed E-state index contributed by atoms with van der Waals surface area (Å²) in [4.78, 5) is 25.0. The van der Waals surface area contributed by atoms with Crippen molar-refractivity contribution < 1.29 is 14.3 Å². The highest BCUT2D eigenvalue weighted by molar-refractivity contribution is 6.13. The van der Waals surface area contributed by atoms with Gasteiger partial charge in [-0.25, -0.2) is 0 Å². The zero-order chi connectivity index (χ0) is 15.4. The van der Waals surface area contributed by atoms with Crippen LogP contribution in [-0.4, -0.2) is 18.7 Å². The molecule has 0 aromatic heterocycles. The molecular formula is C18H20O3. The molecule has 0 amide bonds. The lowest BCUT2D eigenvalue weighted by Crippen LogP contribution is -2.61. The Balaban J connectivity index is 2.06. The number of hydrogen-bond donors (Lipinski definition) is 0. The molecule has 3 rings (SSSR count). The zero-order valence-electron chi connectivity index (χ0n) is 12.8. The number of rotatable bonds is 2. The van der Waals surface area contributed by atoms with Crippen molar-refractivity contribution in [2.75, 3.05) is 7.11 Å². The second kappa shape index (κ2) is 4.55. The molecule has 1 unspecified atom stereocenters. The van der Waals surface area contributed by atoms with Crippen LogP contribution in [0.3, 0.4) is 0 Å². The van der Waals surface area contributed by atoms with Gasteiger partial charge in [0, 0.05) is 17.9 Å². The van der Waals surface area contributed by atoms with Crippen LogP contribution >= 0.6 is 0 Å². The third-order valence-corrected chi connectivity index (χ3v) is 5.29. The standard InChI is InChI=1S/C18H20O3/c1-10-5-7-12(8-6-10)15-11(2)16-13(19)9-14(21-4)17(20)18(15,16)3/h5-9,11,15-16H,1-4H3/t11-,15+,16?,18-/m0/s1. The number of hydrogen-bond acceptors (Lipinski definition) is 3. The molecule has 0 saturated heterocycles. The molecule has 1 aromatic rings. The molecular weight excluding hydrogens is 264 g/mol. The average molecular weight is 284 g/mol. The van der Waals surface area contributed by atoms with Gasteiger partial charge in [0.2, 0.25) is 5.78 Å². The first-order valence-corrected chi connectivity index (χ1v) is 7.32. The Morgan fingerprint density at radius 2 is 1.71 bits per heavy atom. The number of carbonyl (C=O) groups excluding carboxylic acids is 2. The first-order chi connectivity index (χ1) is 9.91. The first kappa shape index (κ1) is 14.1. The third-order valence-electron chi connectivity index (χ3n) is 5.29. The van der Waals surface area contributed by atoms with Crippen LogP contribution in [0.4, 0.5) is 0 Å². The molecule has 4 atom stereocenters. The van der Waals surface area contributed by atoms with Crippen LogP contribution in [0.5, 0.6) is 0 Å². The topological polar surface area (TPSA) is 43.4 Å². The monoisotopic (exact) mass is 284 g/mol. The summed E-state index contributed by atoms with van der Waals surface area (Å²) in [5.41, 5.74) is 1.65. The van der Waals surface area contributed by atoms with Gasteiger partial charge < -0.3 is 4.74 Å². The molecule has 21 heavy (non-hydrogen) atoms. The van der Waals surface area contributed by atoms with Crippen LogP contribution < -0.4 is 0 Å². The van der Waals surface area contributed by atoms with E-state index in [4.69, 9.17) is 4.74 Å². The van der Waals surface area contributed by atoms with Crippen molar-refractivity contribution in [3.8, 4) is 0 Å². The zero-order valence-corrected chi connectivity index (χ0v) is 12.8. The minimum atomic E-state index is -0.675. The van der Waals surface area contributed by atoms with E-state index < -0.39 is 5.41 Å². The predicted molar refractivity (Wildman–Crippen MR) is 79.8 cm³/mol. The lowest BCUT2D eigenvalue weighted by Gasteiger charge is -2.58. The van der Waals surface area contributed by atoms with Crippen molar-refractivity contribution >= 4 is 11.6 Å². The van der Waals surface area contributed by atoms with Crippen molar-refractivity contribution in [1.82, 2.24) is 0 Å². The van der Waals surface area contributed by atoms with E-state index in [1.165, 1.54) is 18.7 Å². The predicted octanol–water partition coefficient (Wildman–Crippen LogP) is 3.03. The van der Waals surface area contributed by atoms with E-state index in [1.54, 1.807) is 0 Å². The summed E-state index contributed by atoms with van der Waals surface area (Å²) in [7, 11) is 1.45. The summed E-state index contributed by atoms with van der Waals surface area (Å²) in [5, 5.41) is 0. The average Bonchev–Trinajstić information content (AvgIpc) is 2.45. The van der Waals surface area contributed by atoms with Gasteiger partial charge in [0.15, 0.2) is 11.5 Å². The third kappa shape index (κ3) is 1.73. The molecule has 0 N–H and O–H groups in total. The molecule has 2 aliphatic carbocycles. The van der Waals surface area contributed by atoms with E-state index in [0.29, 0.717) is 0 Å². The van der Waals surface area contributed by atoms with E-state index in [1.807, 2.05) is 13.8 Å². The van der Waals surface area contributed by atoms with Gasteiger partial charge in [0.1, 0.15) is 0 Å². The number of aryl methyl sites for hydroxylation is 1. The fraction of sp³-hybridized carbons (Fsp3) is 0.444. The second-order valence-electron chi connectivity index (χ2n) is 6.45. The summed E-state index contributed by atoms with van der Waals surface area (Å²) < 4.78 is 5.12. The molecule has 3 nitrogen and oxygen atoms in total. The normalized spacial score (nSPS) is 34.9. The Labute approximate surface area is 125 Å². The summed E-state index contributed by atoms with van der Waals surface area (Å²) in [5.74, 6) is 0.184. The molecule has 0 aliphatic heterocycles. The quantitative estimate of drug-likeness (QED) is 0.838. The summed E-state index contributed by atoms with van der Waals surface area (Å²) >= 11 is 0. The second-order valence-corrected chi connectivity index (χ2v) is 6.45. The minimum Gasteiger partial charge on any atom is -0.493 e. The van der Waals surface area contributed by atoms with E-state index in [2.05, 4.69) is 31.2 Å². The fourth-order valence-corrected chi connectivity index (χ4v) is 4.32. The number of ether oxygens (including phenoxy) is 1. The van der Waals surface area contributed by atoms with Crippen molar-refractivity contribution in [3.05, 3.63) is 47.2 Å². The van der Waals surface area contributed by atoms with Crippen molar-refractivity contribution in [3.63, 3.8) is 0 Å². The summed E-state index contributed by atoms with van der Waals surface area (Å²) in [6.07, 6.45) is 1.37. The lowest BCUT2D eigenvalue weighted by molar-refractivity contribution is -0.159. The van der Waals surface area contributed by atoms with E-state index in [0.717, 1.165) is 5.56 Å². The van der Waals surface area contributed by atoms with Gasteiger partial charge in [-0.3, -0.25) is 9.59 Å². The highest BCUT2D eigenvalue weighted by atomic mass is 16.5. The largest absolute Gasteiger partial charge is 0.493 e. The van der Waals surface area contributed by atoms with Gasteiger partial charge in [-0.05, 0) is 18.4 Å². The number of fused-ring (bicyclic) bond motifs is 1. The van der Waals surface area contributed by atoms with Crippen molar-refractivity contribution in [2.45, 2.75) is 26.7 Å². The Morgan fingerprint density at radius 1 is 1.10 bits per heavy atom. The molecule has 0 bridgehead atoms. The first-order valence-electron chi connectivity index (χ1n) is 7.32. The van der Waals surface area contributed by atoms with Crippen LogP contribution in [0.1, 0.15) is 30.9 Å². The maximum atomic E-state index is 12.7. The van der Waals surface area contributed by atoms with Gasteiger partial charge in [-0.2, -0.15) is 0 Å². The van der Waals surface area contributed by atoms with Crippen molar-refractivity contribution in [2.24, 2.45) is 17.3 Å². The Bertz CT molecular complexity index is 641. The lowest BCUT2D eigenvalue weighted by atomic mass is 9.42. The fourth-order valence-electron chi connectivity index (χ4n) is 4.32. The number of carbonyl (C=O) groups is 2. The van der Waals surface area contributed by atoms with Crippen molar-refractivity contribution in [1.29, 1.82) is 0 Å². The van der Waals surface area contributed by atoms with E-state index in [9.17, 15) is 9.59 Å².